The number of aromatic nitrogens is 1. The summed E-state index contributed by atoms with van der Waals surface area (Å²) < 4.78 is 5.55. The summed E-state index contributed by atoms with van der Waals surface area (Å²) in [5.41, 5.74) is 7.37. The van der Waals surface area contributed by atoms with Crippen LogP contribution < -0.4 is 5.73 Å². The Kier molecular flexibility index (Phi) is 5.94. The number of nitrogens with two attached hydrogens (primary N) is 1. The lowest BCUT2D eigenvalue weighted by Gasteiger charge is -2.22. The van der Waals surface area contributed by atoms with Gasteiger partial charge in [0.25, 0.3) is 0 Å². The summed E-state index contributed by atoms with van der Waals surface area (Å²) in [6, 6.07) is 1.75. The lowest BCUT2D eigenvalue weighted by atomic mass is 10.0. The van der Waals surface area contributed by atoms with Gasteiger partial charge in [-0.3, -0.25) is 4.98 Å². The third-order valence-corrected chi connectivity index (χ3v) is 2.75. The third kappa shape index (κ3) is 4.32. The van der Waals surface area contributed by atoms with Crippen LogP contribution in [0, 0.1) is 0 Å². The van der Waals surface area contributed by atoms with E-state index in [1.165, 1.54) is 0 Å². The number of hydrogen-bond acceptors (Lipinski definition) is 4. The largest absolute Gasteiger partial charge is 0.398 e. The van der Waals surface area contributed by atoms with Crippen molar-refractivity contribution in [3.05, 3.63) is 24.0 Å². The van der Waals surface area contributed by atoms with Crippen molar-refractivity contribution >= 4 is 5.69 Å². The fourth-order valence-corrected chi connectivity index (χ4v) is 1.85. The van der Waals surface area contributed by atoms with Gasteiger partial charge in [-0.25, -0.2) is 0 Å². The van der Waals surface area contributed by atoms with Gasteiger partial charge in [0.2, 0.25) is 0 Å². The molecule has 0 bridgehead atoms. The maximum atomic E-state index is 10.1. The molecule has 0 aliphatic heterocycles. The van der Waals surface area contributed by atoms with Gasteiger partial charge < -0.3 is 15.6 Å². The average Bonchev–Trinajstić information content (AvgIpc) is 2.32. The summed E-state index contributed by atoms with van der Waals surface area (Å²) in [6.45, 7) is 4.63. The van der Waals surface area contributed by atoms with Crippen LogP contribution in [0.4, 0.5) is 5.69 Å². The van der Waals surface area contributed by atoms with Crippen molar-refractivity contribution in [3.63, 3.8) is 0 Å². The highest BCUT2D eigenvalue weighted by Gasteiger charge is 2.19. The first-order valence-electron chi connectivity index (χ1n) is 6.17. The van der Waals surface area contributed by atoms with E-state index < -0.39 is 6.10 Å². The number of rotatable bonds is 7. The van der Waals surface area contributed by atoms with Crippen LogP contribution in [0.3, 0.4) is 0 Å². The van der Waals surface area contributed by atoms with Crippen molar-refractivity contribution < 1.29 is 9.84 Å². The molecular formula is C13H22N2O2. The molecule has 0 radical (unpaired) electrons. The van der Waals surface area contributed by atoms with Crippen LogP contribution in [-0.2, 0) is 11.2 Å². The number of hydrogen-bond donors (Lipinski definition) is 2. The Labute approximate surface area is 103 Å². The van der Waals surface area contributed by atoms with E-state index in [1.54, 1.807) is 18.5 Å². The van der Waals surface area contributed by atoms with Gasteiger partial charge in [-0.15, -0.1) is 0 Å². The zero-order valence-electron chi connectivity index (χ0n) is 10.6. The van der Waals surface area contributed by atoms with Crippen LogP contribution in [0.25, 0.3) is 0 Å². The van der Waals surface area contributed by atoms with Gasteiger partial charge in [0.1, 0.15) is 0 Å². The first kappa shape index (κ1) is 13.9. The Balaban J connectivity index is 2.62. The highest BCUT2D eigenvalue weighted by Crippen LogP contribution is 2.16. The third-order valence-electron chi connectivity index (χ3n) is 2.75. The first-order valence-corrected chi connectivity index (χ1v) is 6.17. The second kappa shape index (κ2) is 7.25. The number of aliphatic hydroxyl groups excluding tert-OH is 1. The molecule has 3 N–H and O–H groups in total. The second-order valence-corrected chi connectivity index (χ2v) is 4.13. The van der Waals surface area contributed by atoms with Crippen LogP contribution in [0.1, 0.15) is 32.3 Å². The molecule has 0 saturated heterocycles. The molecule has 4 heteroatoms. The van der Waals surface area contributed by atoms with E-state index in [9.17, 15) is 5.11 Å². The summed E-state index contributed by atoms with van der Waals surface area (Å²) in [6.07, 6.45) is 5.04. The molecule has 0 spiro atoms. The van der Waals surface area contributed by atoms with Crippen molar-refractivity contribution in [2.75, 3.05) is 12.3 Å². The molecule has 2 atom stereocenters. The minimum atomic E-state index is -0.526. The van der Waals surface area contributed by atoms with E-state index in [1.807, 2.05) is 6.92 Å². The van der Waals surface area contributed by atoms with E-state index in [0.717, 1.165) is 18.4 Å². The van der Waals surface area contributed by atoms with Gasteiger partial charge in [0.15, 0.2) is 0 Å². The molecule has 96 valence electrons. The van der Waals surface area contributed by atoms with Crippen LogP contribution >= 0.6 is 0 Å². The van der Waals surface area contributed by atoms with E-state index in [0.29, 0.717) is 18.7 Å². The van der Waals surface area contributed by atoms with Crippen LogP contribution in [0.2, 0.25) is 0 Å². The maximum Gasteiger partial charge on any atom is 0.0843 e. The van der Waals surface area contributed by atoms with E-state index >= 15 is 0 Å². The minimum absolute atomic E-state index is 0.121. The Hall–Kier alpha value is -1.13. The van der Waals surface area contributed by atoms with Crippen LogP contribution in [0.15, 0.2) is 18.5 Å². The molecule has 1 rings (SSSR count). The maximum absolute atomic E-state index is 10.1. The second-order valence-electron chi connectivity index (χ2n) is 4.13. The number of nitrogen functional groups attached to an aromatic ring is 1. The molecule has 1 heterocycles. The standard InChI is InChI=1S/C13H22N2O2/c1-3-5-13(17-4-2)12(16)8-10-9-15-7-6-11(10)14/h6-7,9,12-13,16H,3-5,8H2,1-2H3,(H2,14,15). The lowest BCUT2D eigenvalue weighted by Crippen LogP contribution is -2.31. The summed E-state index contributed by atoms with van der Waals surface area (Å²) in [4.78, 5) is 4.02. The molecular weight excluding hydrogens is 216 g/mol. The predicted molar refractivity (Wildman–Crippen MR) is 68.7 cm³/mol. The molecule has 0 aromatic carbocycles. The molecule has 1 aromatic heterocycles. The van der Waals surface area contributed by atoms with Crippen molar-refractivity contribution in [3.8, 4) is 0 Å². The molecule has 0 amide bonds. The molecule has 4 nitrogen and oxygen atoms in total. The average molecular weight is 238 g/mol. The molecule has 0 aliphatic carbocycles. The molecule has 0 saturated carbocycles. The highest BCUT2D eigenvalue weighted by molar-refractivity contribution is 5.44. The van der Waals surface area contributed by atoms with Crippen molar-refractivity contribution in [2.45, 2.75) is 45.3 Å². The smallest absolute Gasteiger partial charge is 0.0843 e. The Morgan fingerprint density at radius 1 is 1.47 bits per heavy atom. The van der Waals surface area contributed by atoms with Gasteiger partial charge in [-0.05, 0) is 25.0 Å². The SMILES string of the molecule is CCCC(OCC)C(O)Cc1cnccc1N. The van der Waals surface area contributed by atoms with E-state index in [2.05, 4.69) is 11.9 Å². The number of ether oxygens (including phenoxy) is 1. The van der Waals surface area contributed by atoms with Gasteiger partial charge in [-0.1, -0.05) is 13.3 Å². The molecule has 2 unspecified atom stereocenters. The summed E-state index contributed by atoms with van der Waals surface area (Å²) >= 11 is 0. The van der Waals surface area contributed by atoms with Gasteiger partial charge in [0, 0.05) is 31.1 Å². The topological polar surface area (TPSA) is 68.4 Å². The molecule has 0 aliphatic rings. The zero-order valence-corrected chi connectivity index (χ0v) is 10.6. The summed E-state index contributed by atoms with van der Waals surface area (Å²) in [7, 11) is 0. The van der Waals surface area contributed by atoms with Crippen LogP contribution in [0.5, 0.6) is 0 Å². The van der Waals surface area contributed by atoms with Gasteiger partial charge in [0.05, 0.1) is 12.2 Å². The molecule has 1 aromatic rings. The van der Waals surface area contributed by atoms with E-state index in [4.69, 9.17) is 10.5 Å². The van der Waals surface area contributed by atoms with Gasteiger partial charge in [-0.2, -0.15) is 0 Å². The molecule has 0 fully saturated rings. The Bertz CT molecular complexity index is 325. The predicted octanol–water partition coefficient (Wildman–Crippen LogP) is 1.77. The van der Waals surface area contributed by atoms with E-state index in [-0.39, 0.29) is 6.10 Å². The number of aliphatic hydroxyl groups is 1. The molecule has 17 heavy (non-hydrogen) atoms. The fraction of sp³-hybridized carbons (Fsp3) is 0.615. The Morgan fingerprint density at radius 3 is 2.82 bits per heavy atom. The van der Waals surface area contributed by atoms with Gasteiger partial charge >= 0.3 is 0 Å². The van der Waals surface area contributed by atoms with Crippen molar-refractivity contribution in [2.24, 2.45) is 0 Å². The highest BCUT2D eigenvalue weighted by atomic mass is 16.5. The number of nitrogens with zero attached hydrogens (tertiary/aromatic N) is 1. The number of anilines is 1. The minimum Gasteiger partial charge on any atom is -0.398 e. The number of pyridine rings is 1. The first-order chi connectivity index (χ1) is 8.19. The van der Waals surface area contributed by atoms with Crippen LogP contribution in [-0.4, -0.2) is 28.9 Å². The normalized spacial score (nSPS) is 14.5. The van der Waals surface area contributed by atoms with Crippen molar-refractivity contribution in [1.29, 1.82) is 0 Å². The monoisotopic (exact) mass is 238 g/mol. The fourth-order valence-electron chi connectivity index (χ4n) is 1.85. The van der Waals surface area contributed by atoms with Crippen molar-refractivity contribution in [1.82, 2.24) is 4.98 Å². The Morgan fingerprint density at radius 2 is 2.24 bits per heavy atom. The summed E-state index contributed by atoms with van der Waals surface area (Å²) in [5.74, 6) is 0. The lowest BCUT2D eigenvalue weighted by molar-refractivity contribution is -0.0363. The summed E-state index contributed by atoms with van der Waals surface area (Å²) in [5, 5.41) is 10.1. The zero-order chi connectivity index (χ0) is 12.7. The quantitative estimate of drug-likeness (QED) is 0.759.